The average Bonchev–Trinajstić information content (AvgIpc) is 3.14. The van der Waals surface area contributed by atoms with Gasteiger partial charge in [0, 0.05) is 63.0 Å². The van der Waals surface area contributed by atoms with Gasteiger partial charge in [0.15, 0.2) is 5.13 Å². The lowest BCUT2D eigenvalue weighted by molar-refractivity contribution is 0.0342. The highest BCUT2D eigenvalue weighted by atomic mass is 32.1. The summed E-state index contributed by atoms with van der Waals surface area (Å²) in [6, 6.07) is 1.96. The Bertz CT molecular complexity index is 684. The Balaban J connectivity index is 1.18. The van der Waals surface area contributed by atoms with Gasteiger partial charge in [-0.25, -0.2) is 19.7 Å². The SMILES string of the molecule is O=C(OC1CCN(c2nccs2)CC1)N1CC(Nc2ncccn2)C1. The first-order valence-corrected chi connectivity index (χ1v) is 9.29. The molecule has 1 N–H and O–H groups in total. The molecule has 9 heteroatoms. The number of hydrogen-bond acceptors (Lipinski definition) is 8. The van der Waals surface area contributed by atoms with E-state index in [-0.39, 0.29) is 18.2 Å². The third-order valence-corrected chi connectivity index (χ3v) is 5.27. The fourth-order valence-corrected chi connectivity index (χ4v) is 3.73. The largest absolute Gasteiger partial charge is 0.446 e. The molecule has 4 heterocycles. The Morgan fingerprint density at radius 3 is 2.60 bits per heavy atom. The molecule has 2 fully saturated rings. The van der Waals surface area contributed by atoms with Gasteiger partial charge in [-0.2, -0.15) is 0 Å². The van der Waals surface area contributed by atoms with Crippen molar-refractivity contribution in [2.45, 2.75) is 25.0 Å². The van der Waals surface area contributed by atoms with Gasteiger partial charge in [0.05, 0.1) is 6.04 Å². The quantitative estimate of drug-likeness (QED) is 0.890. The predicted molar refractivity (Wildman–Crippen MR) is 94.8 cm³/mol. The number of ether oxygens (including phenoxy) is 1. The van der Waals surface area contributed by atoms with Gasteiger partial charge >= 0.3 is 6.09 Å². The normalized spacial score (nSPS) is 18.7. The molecule has 8 nitrogen and oxygen atoms in total. The lowest BCUT2D eigenvalue weighted by Crippen LogP contribution is -2.58. The predicted octanol–water partition coefficient (Wildman–Crippen LogP) is 1.83. The number of carbonyl (C=O) groups is 1. The fourth-order valence-electron chi connectivity index (χ4n) is 3.03. The summed E-state index contributed by atoms with van der Waals surface area (Å²) in [6.07, 6.45) is 6.67. The average molecular weight is 360 g/mol. The van der Waals surface area contributed by atoms with E-state index in [2.05, 4.69) is 25.2 Å². The van der Waals surface area contributed by atoms with Crippen LogP contribution in [0.1, 0.15) is 12.8 Å². The molecule has 2 aliphatic rings. The Morgan fingerprint density at radius 1 is 1.16 bits per heavy atom. The van der Waals surface area contributed by atoms with Gasteiger partial charge in [0.2, 0.25) is 5.95 Å². The standard InChI is InChI=1S/C16H20N6O2S/c23-16(22-10-12(11-22)20-14-17-4-1-5-18-14)24-13-2-7-21(8-3-13)15-19-6-9-25-15/h1,4-6,9,12-13H,2-3,7-8,10-11H2,(H,17,18,20). The van der Waals surface area contributed by atoms with Crippen molar-refractivity contribution in [2.24, 2.45) is 0 Å². The lowest BCUT2D eigenvalue weighted by Gasteiger charge is -2.40. The van der Waals surface area contributed by atoms with Crippen LogP contribution in [0.25, 0.3) is 0 Å². The number of hydrogen-bond donors (Lipinski definition) is 1. The molecule has 0 aliphatic carbocycles. The zero-order valence-corrected chi connectivity index (χ0v) is 14.6. The smallest absolute Gasteiger partial charge is 0.410 e. The zero-order chi connectivity index (χ0) is 17.1. The van der Waals surface area contributed by atoms with Crippen LogP contribution in [0.4, 0.5) is 15.9 Å². The Kier molecular flexibility index (Phi) is 4.64. The summed E-state index contributed by atoms with van der Waals surface area (Å²) in [4.78, 5) is 28.8. The first-order valence-electron chi connectivity index (χ1n) is 8.41. The van der Waals surface area contributed by atoms with E-state index in [9.17, 15) is 4.79 Å². The molecule has 2 aromatic rings. The summed E-state index contributed by atoms with van der Waals surface area (Å²) in [6.45, 7) is 2.99. The van der Waals surface area contributed by atoms with Gasteiger partial charge in [-0.05, 0) is 6.07 Å². The van der Waals surface area contributed by atoms with E-state index in [0.717, 1.165) is 31.1 Å². The summed E-state index contributed by atoms with van der Waals surface area (Å²) in [7, 11) is 0. The van der Waals surface area contributed by atoms with Crippen LogP contribution in [0.15, 0.2) is 30.0 Å². The zero-order valence-electron chi connectivity index (χ0n) is 13.7. The summed E-state index contributed by atoms with van der Waals surface area (Å²) in [5, 5.41) is 6.23. The number of rotatable bonds is 4. The molecule has 4 rings (SSSR count). The molecule has 0 unspecified atom stereocenters. The van der Waals surface area contributed by atoms with Crippen LogP contribution in [0.5, 0.6) is 0 Å². The van der Waals surface area contributed by atoms with Gasteiger partial charge in [0.1, 0.15) is 6.10 Å². The molecule has 2 aromatic heterocycles. The monoisotopic (exact) mass is 360 g/mol. The van der Waals surface area contributed by atoms with Crippen molar-refractivity contribution in [3.63, 3.8) is 0 Å². The fraction of sp³-hybridized carbons (Fsp3) is 0.500. The third-order valence-electron chi connectivity index (χ3n) is 4.44. The summed E-state index contributed by atoms with van der Waals surface area (Å²) in [5.74, 6) is 0.593. The van der Waals surface area contributed by atoms with Gasteiger partial charge in [-0.15, -0.1) is 11.3 Å². The third kappa shape index (κ3) is 3.81. The minimum atomic E-state index is -0.222. The van der Waals surface area contributed by atoms with Crippen molar-refractivity contribution in [1.29, 1.82) is 0 Å². The molecule has 0 radical (unpaired) electrons. The number of nitrogens with zero attached hydrogens (tertiary/aromatic N) is 5. The Hall–Kier alpha value is -2.42. The van der Waals surface area contributed by atoms with E-state index in [4.69, 9.17) is 4.74 Å². The second kappa shape index (κ2) is 7.22. The number of thiazole rings is 1. The van der Waals surface area contributed by atoms with Crippen LogP contribution in [0, 0.1) is 0 Å². The maximum atomic E-state index is 12.2. The molecule has 0 saturated carbocycles. The number of likely N-dealkylation sites (tertiary alicyclic amines) is 1. The van der Waals surface area contributed by atoms with E-state index in [0.29, 0.717) is 19.0 Å². The molecule has 1 amide bonds. The topological polar surface area (TPSA) is 83.5 Å². The maximum absolute atomic E-state index is 12.2. The van der Waals surface area contributed by atoms with E-state index in [1.807, 2.05) is 11.6 Å². The van der Waals surface area contributed by atoms with Crippen molar-refractivity contribution in [1.82, 2.24) is 19.9 Å². The van der Waals surface area contributed by atoms with Gasteiger partial charge in [-0.1, -0.05) is 0 Å². The maximum Gasteiger partial charge on any atom is 0.410 e. The first kappa shape index (κ1) is 16.1. The second-order valence-corrected chi connectivity index (χ2v) is 7.08. The van der Waals surface area contributed by atoms with Crippen LogP contribution in [-0.4, -0.2) is 64.3 Å². The molecule has 0 bridgehead atoms. The number of amides is 1. The minimum Gasteiger partial charge on any atom is -0.446 e. The van der Waals surface area contributed by atoms with Crippen LogP contribution in [-0.2, 0) is 4.74 Å². The van der Waals surface area contributed by atoms with E-state index in [1.54, 1.807) is 34.7 Å². The highest BCUT2D eigenvalue weighted by Gasteiger charge is 2.34. The highest BCUT2D eigenvalue weighted by molar-refractivity contribution is 7.13. The van der Waals surface area contributed by atoms with Crippen molar-refractivity contribution in [3.05, 3.63) is 30.0 Å². The van der Waals surface area contributed by atoms with Crippen molar-refractivity contribution >= 4 is 28.5 Å². The number of nitrogens with one attached hydrogen (secondary N) is 1. The summed E-state index contributed by atoms with van der Waals surface area (Å²) in [5.41, 5.74) is 0. The van der Waals surface area contributed by atoms with Crippen LogP contribution in [0.3, 0.4) is 0 Å². The van der Waals surface area contributed by atoms with Crippen LogP contribution < -0.4 is 10.2 Å². The molecular weight excluding hydrogens is 340 g/mol. The van der Waals surface area contributed by atoms with E-state index < -0.39 is 0 Å². The van der Waals surface area contributed by atoms with Gasteiger partial charge in [-0.3, -0.25) is 0 Å². The van der Waals surface area contributed by atoms with Gasteiger partial charge < -0.3 is 19.9 Å². The van der Waals surface area contributed by atoms with Gasteiger partial charge in [0.25, 0.3) is 0 Å². The minimum absolute atomic E-state index is 0.00632. The van der Waals surface area contributed by atoms with Crippen molar-refractivity contribution < 1.29 is 9.53 Å². The summed E-state index contributed by atoms with van der Waals surface area (Å²) >= 11 is 1.64. The molecule has 0 spiro atoms. The van der Waals surface area contributed by atoms with Crippen molar-refractivity contribution in [3.8, 4) is 0 Å². The molecule has 25 heavy (non-hydrogen) atoms. The van der Waals surface area contributed by atoms with Crippen LogP contribution in [0.2, 0.25) is 0 Å². The number of aromatic nitrogens is 3. The molecule has 2 aliphatic heterocycles. The second-order valence-electron chi connectivity index (χ2n) is 6.20. The molecule has 2 saturated heterocycles. The molecule has 0 atom stereocenters. The number of carbonyl (C=O) groups excluding carboxylic acids is 1. The first-order chi connectivity index (χ1) is 12.3. The van der Waals surface area contributed by atoms with Crippen molar-refractivity contribution in [2.75, 3.05) is 36.4 Å². The van der Waals surface area contributed by atoms with Crippen LogP contribution >= 0.6 is 11.3 Å². The molecule has 132 valence electrons. The summed E-state index contributed by atoms with van der Waals surface area (Å²) < 4.78 is 5.64. The van der Waals surface area contributed by atoms with E-state index in [1.165, 1.54) is 0 Å². The number of anilines is 2. The Labute approximate surface area is 149 Å². The number of piperidine rings is 1. The van der Waals surface area contributed by atoms with E-state index >= 15 is 0 Å². The highest BCUT2D eigenvalue weighted by Crippen LogP contribution is 2.24. The molecular formula is C16H20N6O2S. The molecule has 0 aromatic carbocycles. The lowest BCUT2D eigenvalue weighted by atomic mass is 10.1. The Morgan fingerprint density at radius 2 is 1.92 bits per heavy atom.